The van der Waals surface area contributed by atoms with Gasteiger partial charge in [-0.1, -0.05) is 70.4 Å². The summed E-state index contributed by atoms with van der Waals surface area (Å²) in [4.78, 5) is 29.4. The summed E-state index contributed by atoms with van der Waals surface area (Å²) in [7, 11) is -4.61. The van der Waals surface area contributed by atoms with Gasteiger partial charge in [-0.3, -0.25) is 9.36 Å². The van der Waals surface area contributed by atoms with Gasteiger partial charge in [-0.05, 0) is 32.1 Å². The first-order valence-electron chi connectivity index (χ1n) is 10.8. The van der Waals surface area contributed by atoms with E-state index >= 15 is 0 Å². The van der Waals surface area contributed by atoms with Gasteiger partial charge in [0.25, 0.3) is 0 Å². The zero-order valence-electron chi connectivity index (χ0n) is 17.3. The van der Waals surface area contributed by atoms with Gasteiger partial charge in [0.1, 0.15) is 5.78 Å². The molecular formula is C21H39F2O4P. The summed E-state index contributed by atoms with van der Waals surface area (Å²) in [6.07, 6.45) is 14.8. The quantitative estimate of drug-likeness (QED) is 0.138. The number of ketones is 1. The Morgan fingerprint density at radius 3 is 1.79 bits per heavy atom. The summed E-state index contributed by atoms with van der Waals surface area (Å²) in [5.41, 5.74) is 0. The van der Waals surface area contributed by atoms with Crippen LogP contribution in [0.4, 0.5) is 8.78 Å². The van der Waals surface area contributed by atoms with Crippen LogP contribution in [0.25, 0.3) is 0 Å². The zero-order valence-corrected chi connectivity index (χ0v) is 18.2. The molecule has 0 heterocycles. The molecule has 0 saturated carbocycles. The summed E-state index contributed by atoms with van der Waals surface area (Å²) in [5.74, 6) is -2.59. The van der Waals surface area contributed by atoms with E-state index in [0.717, 1.165) is 38.5 Å². The van der Waals surface area contributed by atoms with Crippen molar-refractivity contribution in [2.45, 2.75) is 103 Å². The van der Waals surface area contributed by atoms with Crippen molar-refractivity contribution < 1.29 is 27.9 Å². The molecule has 0 spiro atoms. The Morgan fingerprint density at radius 1 is 0.857 bits per heavy atom. The Kier molecular flexibility index (Phi) is 16.9. The Bertz CT molecular complexity index is 463. The van der Waals surface area contributed by atoms with Crippen LogP contribution in [0.1, 0.15) is 96.8 Å². The summed E-state index contributed by atoms with van der Waals surface area (Å²) >= 11 is 0. The minimum Gasteiger partial charge on any atom is -0.324 e. The molecule has 28 heavy (non-hydrogen) atoms. The minimum atomic E-state index is -4.61. The maximum absolute atomic E-state index is 12.8. The molecule has 0 saturated heterocycles. The van der Waals surface area contributed by atoms with E-state index in [1.165, 1.54) is 38.5 Å². The lowest BCUT2D eigenvalue weighted by molar-refractivity contribution is -0.126. The Labute approximate surface area is 169 Å². The van der Waals surface area contributed by atoms with E-state index < -0.39 is 31.9 Å². The number of hydrogen-bond donors (Lipinski definition) is 2. The van der Waals surface area contributed by atoms with Crippen molar-refractivity contribution in [2.24, 2.45) is 5.92 Å². The van der Waals surface area contributed by atoms with Crippen LogP contribution in [-0.2, 0) is 9.36 Å². The van der Waals surface area contributed by atoms with Gasteiger partial charge in [-0.15, -0.1) is 0 Å². The average molecular weight is 425 g/mol. The Morgan fingerprint density at radius 2 is 1.32 bits per heavy atom. The van der Waals surface area contributed by atoms with Crippen molar-refractivity contribution in [3.63, 3.8) is 0 Å². The Balaban J connectivity index is 3.61. The molecule has 0 aliphatic carbocycles. The SMILES string of the molecule is CCCCCCCC/C=C\CCCCCCCC(=O)[C@@H](CP(=O)(O)O)C(F)F. The van der Waals surface area contributed by atoms with Crippen molar-refractivity contribution in [2.75, 3.05) is 6.16 Å². The van der Waals surface area contributed by atoms with Crippen molar-refractivity contribution in [3.8, 4) is 0 Å². The molecule has 0 aliphatic rings. The predicted molar refractivity (Wildman–Crippen MR) is 111 cm³/mol. The molecule has 2 N–H and O–H groups in total. The molecule has 1 atom stereocenters. The van der Waals surface area contributed by atoms with E-state index in [1.54, 1.807) is 0 Å². The summed E-state index contributed by atoms with van der Waals surface area (Å²) in [5, 5.41) is 0. The molecule has 0 rings (SSSR count). The molecule has 0 aromatic rings. The number of unbranched alkanes of at least 4 members (excludes halogenated alkanes) is 11. The first-order chi connectivity index (χ1) is 13.3. The third-order valence-corrected chi connectivity index (χ3v) is 5.71. The molecule has 166 valence electrons. The van der Waals surface area contributed by atoms with E-state index in [0.29, 0.717) is 6.42 Å². The standard InChI is InChI=1S/C21H39F2O4P/c1-2-3-4-5-6-7-8-9-10-11-12-13-14-15-16-17-20(24)19(21(22)23)18-28(25,26)27/h9-10,19,21H,2-8,11-18H2,1H3,(H2,25,26,27)/b10-9-/t19-/m1/s1. The van der Waals surface area contributed by atoms with E-state index in [4.69, 9.17) is 9.79 Å². The van der Waals surface area contributed by atoms with Crippen molar-refractivity contribution in [3.05, 3.63) is 12.2 Å². The van der Waals surface area contributed by atoms with Crippen molar-refractivity contribution in [1.82, 2.24) is 0 Å². The van der Waals surface area contributed by atoms with Gasteiger partial charge in [0, 0.05) is 6.42 Å². The van der Waals surface area contributed by atoms with Gasteiger partial charge >= 0.3 is 7.60 Å². The van der Waals surface area contributed by atoms with Gasteiger partial charge < -0.3 is 9.79 Å². The molecule has 0 bridgehead atoms. The number of hydrogen-bond acceptors (Lipinski definition) is 2. The number of carbonyl (C=O) groups is 1. The molecule has 0 unspecified atom stereocenters. The predicted octanol–water partition coefficient (Wildman–Crippen LogP) is 6.65. The largest absolute Gasteiger partial charge is 0.326 e. The third-order valence-electron chi connectivity index (χ3n) is 4.84. The second-order valence-electron chi connectivity index (χ2n) is 7.59. The van der Waals surface area contributed by atoms with E-state index in [9.17, 15) is 18.1 Å². The smallest absolute Gasteiger partial charge is 0.324 e. The lowest BCUT2D eigenvalue weighted by Crippen LogP contribution is -2.26. The Hall–Kier alpha value is -0.580. The third kappa shape index (κ3) is 17.5. The van der Waals surface area contributed by atoms with Crippen LogP contribution >= 0.6 is 7.60 Å². The molecule has 4 nitrogen and oxygen atoms in total. The van der Waals surface area contributed by atoms with Gasteiger partial charge in [0.05, 0.1) is 12.1 Å². The zero-order chi connectivity index (χ0) is 21.3. The van der Waals surface area contributed by atoms with E-state index in [-0.39, 0.29) is 6.42 Å². The second-order valence-corrected chi connectivity index (χ2v) is 9.28. The number of rotatable bonds is 19. The number of allylic oxidation sites excluding steroid dienone is 2. The van der Waals surface area contributed by atoms with Crippen LogP contribution in [0.5, 0.6) is 0 Å². The lowest BCUT2D eigenvalue weighted by atomic mass is 10.0. The fourth-order valence-corrected chi connectivity index (χ4v) is 4.01. The first kappa shape index (κ1) is 27.4. The average Bonchev–Trinajstić information content (AvgIpc) is 2.61. The molecular weight excluding hydrogens is 385 g/mol. The number of Topliss-reactive ketones (excluding diaryl/α,β-unsaturated/α-hetero) is 1. The number of halogens is 2. The fourth-order valence-electron chi connectivity index (χ4n) is 3.13. The number of carbonyl (C=O) groups excluding carboxylic acids is 1. The summed E-state index contributed by atoms with van der Waals surface area (Å²) in [6.45, 7) is 2.22. The van der Waals surface area contributed by atoms with Crippen LogP contribution < -0.4 is 0 Å². The van der Waals surface area contributed by atoms with Crippen LogP contribution in [0.2, 0.25) is 0 Å². The highest BCUT2D eigenvalue weighted by Gasteiger charge is 2.33. The molecule has 0 amide bonds. The highest BCUT2D eigenvalue weighted by molar-refractivity contribution is 7.51. The minimum absolute atomic E-state index is 0.0346. The number of alkyl halides is 2. The molecule has 0 aromatic carbocycles. The maximum atomic E-state index is 12.8. The monoisotopic (exact) mass is 424 g/mol. The molecule has 7 heteroatoms. The van der Waals surface area contributed by atoms with Crippen LogP contribution in [-0.4, -0.2) is 28.2 Å². The van der Waals surface area contributed by atoms with Crippen molar-refractivity contribution >= 4 is 13.4 Å². The van der Waals surface area contributed by atoms with Crippen LogP contribution in [0, 0.1) is 5.92 Å². The lowest BCUT2D eigenvalue weighted by Gasteiger charge is -2.15. The van der Waals surface area contributed by atoms with Crippen molar-refractivity contribution in [1.29, 1.82) is 0 Å². The van der Waals surface area contributed by atoms with E-state index in [2.05, 4.69) is 19.1 Å². The second kappa shape index (κ2) is 17.3. The normalized spacial score (nSPS) is 13.5. The molecule has 0 aromatic heterocycles. The van der Waals surface area contributed by atoms with Gasteiger partial charge in [0.15, 0.2) is 0 Å². The maximum Gasteiger partial charge on any atom is 0.326 e. The highest BCUT2D eigenvalue weighted by atomic mass is 31.2. The van der Waals surface area contributed by atoms with Gasteiger partial charge in [-0.2, -0.15) is 0 Å². The summed E-state index contributed by atoms with van der Waals surface area (Å²) in [6, 6.07) is 0. The fraction of sp³-hybridized carbons (Fsp3) is 0.857. The first-order valence-corrected chi connectivity index (χ1v) is 12.6. The van der Waals surface area contributed by atoms with Gasteiger partial charge in [0.2, 0.25) is 6.43 Å². The topological polar surface area (TPSA) is 74.6 Å². The van der Waals surface area contributed by atoms with Gasteiger partial charge in [-0.25, -0.2) is 8.78 Å². The van der Waals surface area contributed by atoms with Crippen LogP contribution in [0.3, 0.4) is 0 Å². The van der Waals surface area contributed by atoms with E-state index in [1.807, 2.05) is 0 Å². The highest BCUT2D eigenvalue weighted by Crippen LogP contribution is 2.39. The summed E-state index contributed by atoms with van der Waals surface area (Å²) < 4.78 is 36.5. The molecule has 0 fully saturated rings. The van der Waals surface area contributed by atoms with Crippen LogP contribution in [0.15, 0.2) is 12.2 Å². The molecule has 0 aliphatic heterocycles. The molecule has 0 radical (unpaired) electrons.